The zero-order valence-corrected chi connectivity index (χ0v) is 17.0. The van der Waals surface area contributed by atoms with Crippen LogP contribution in [-0.4, -0.2) is 23.1 Å². The van der Waals surface area contributed by atoms with Gasteiger partial charge in [0.2, 0.25) is 0 Å². The van der Waals surface area contributed by atoms with Gasteiger partial charge in [-0.15, -0.1) is 0 Å². The molecule has 31 heavy (non-hydrogen) atoms. The fourth-order valence-corrected chi connectivity index (χ4v) is 3.73. The van der Waals surface area contributed by atoms with E-state index in [1.807, 2.05) is 0 Å². The number of nitrogens with two attached hydrogens (primary N) is 1. The Morgan fingerprint density at radius 3 is 2.45 bits per heavy atom. The summed E-state index contributed by atoms with van der Waals surface area (Å²) in [5, 5.41) is 22.4. The predicted molar refractivity (Wildman–Crippen MR) is 114 cm³/mol. The Morgan fingerprint density at radius 2 is 1.87 bits per heavy atom. The smallest absolute Gasteiger partial charge is 0.398 e. The third-order valence-corrected chi connectivity index (χ3v) is 5.45. The molecule has 1 heterocycles. The van der Waals surface area contributed by atoms with Gasteiger partial charge in [0.05, 0.1) is 16.1 Å². The van der Waals surface area contributed by atoms with Crippen molar-refractivity contribution >= 4 is 23.1 Å². The number of nitrogen functional groups attached to an aromatic ring is 1. The fraction of sp³-hybridized carbons (Fsp3) is 0.364. The molecular weight excluding hydrogens is 411 g/mol. The van der Waals surface area contributed by atoms with Crippen molar-refractivity contribution in [3.63, 3.8) is 0 Å². The van der Waals surface area contributed by atoms with E-state index in [1.165, 1.54) is 18.2 Å². The van der Waals surface area contributed by atoms with E-state index >= 15 is 0 Å². The molecule has 3 N–H and O–H groups in total. The highest BCUT2D eigenvalue weighted by molar-refractivity contribution is 5.68. The van der Waals surface area contributed by atoms with Crippen LogP contribution in [0.3, 0.4) is 0 Å². The third-order valence-electron chi connectivity index (χ3n) is 5.45. The van der Waals surface area contributed by atoms with Crippen molar-refractivity contribution in [3.05, 3.63) is 68.8 Å². The van der Waals surface area contributed by atoms with Gasteiger partial charge in [0.25, 0.3) is 5.69 Å². The van der Waals surface area contributed by atoms with Crippen molar-refractivity contribution in [1.29, 1.82) is 0 Å². The van der Waals surface area contributed by atoms with Crippen molar-refractivity contribution in [1.82, 2.24) is 0 Å². The summed E-state index contributed by atoms with van der Waals surface area (Å²) in [5.74, 6) is 0. The quantitative estimate of drug-likeness (QED) is 0.377. The lowest BCUT2D eigenvalue weighted by Gasteiger charge is -2.29. The van der Waals surface area contributed by atoms with Gasteiger partial charge in [-0.2, -0.15) is 13.2 Å². The molecule has 2 aromatic carbocycles. The largest absolute Gasteiger partial charge is 0.416 e. The molecule has 1 atom stereocenters. The van der Waals surface area contributed by atoms with Crippen LogP contribution >= 0.6 is 0 Å². The Morgan fingerprint density at radius 1 is 1.19 bits per heavy atom. The lowest BCUT2D eigenvalue weighted by Crippen LogP contribution is -2.29. The van der Waals surface area contributed by atoms with Gasteiger partial charge in [0.15, 0.2) is 0 Å². The average molecular weight is 435 g/mol. The molecule has 0 aliphatic carbocycles. The summed E-state index contributed by atoms with van der Waals surface area (Å²) >= 11 is 0. The van der Waals surface area contributed by atoms with Crippen molar-refractivity contribution in [3.8, 4) is 0 Å². The van der Waals surface area contributed by atoms with Gasteiger partial charge in [0, 0.05) is 30.5 Å². The highest BCUT2D eigenvalue weighted by atomic mass is 19.4. The molecule has 1 aliphatic rings. The minimum absolute atomic E-state index is 0.0991. The van der Waals surface area contributed by atoms with Crippen molar-refractivity contribution in [2.24, 2.45) is 0 Å². The van der Waals surface area contributed by atoms with E-state index in [4.69, 9.17) is 5.73 Å². The summed E-state index contributed by atoms with van der Waals surface area (Å²) in [6, 6.07) is 7.61. The summed E-state index contributed by atoms with van der Waals surface area (Å²) in [7, 11) is 0. The molecule has 3 rings (SSSR count). The zero-order valence-electron chi connectivity index (χ0n) is 17.0. The SMILES string of the molecule is C/C(=C\c1ccc(C(F)(F)F)cc1N)C(O)c1cc(N2CCCCC2)ccc1[N+](=O)[O-]. The predicted octanol–water partition coefficient (Wildman–Crippen LogP) is 5.32. The van der Waals surface area contributed by atoms with Gasteiger partial charge < -0.3 is 15.7 Å². The van der Waals surface area contributed by atoms with Gasteiger partial charge in [0.1, 0.15) is 6.10 Å². The maximum Gasteiger partial charge on any atom is 0.416 e. The van der Waals surface area contributed by atoms with Gasteiger partial charge in [-0.25, -0.2) is 0 Å². The van der Waals surface area contributed by atoms with Crippen LogP contribution in [0, 0.1) is 10.1 Å². The second-order valence-corrected chi connectivity index (χ2v) is 7.68. The second-order valence-electron chi connectivity index (χ2n) is 7.68. The number of hydrogen-bond acceptors (Lipinski definition) is 5. The van der Waals surface area contributed by atoms with Gasteiger partial charge in [-0.1, -0.05) is 12.1 Å². The first-order valence-corrected chi connectivity index (χ1v) is 9.94. The van der Waals surface area contributed by atoms with Crippen LogP contribution in [0.15, 0.2) is 42.0 Å². The summed E-state index contributed by atoms with van der Waals surface area (Å²) < 4.78 is 38.5. The highest BCUT2D eigenvalue weighted by Crippen LogP contribution is 2.36. The van der Waals surface area contributed by atoms with Crippen LogP contribution in [0.25, 0.3) is 6.08 Å². The molecule has 0 bridgehead atoms. The molecule has 0 amide bonds. The van der Waals surface area contributed by atoms with E-state index in [0.29, 0.717) is 11.1 Å². The highest BCUT2D eigenvalue weighted by Gasteiger charge is 2.31. The number of benzene rings is 2. The molecule has 0 radical (unpaired) electrons. The van der Waals surface area contributed by atoms with Crippen molar-refractivity contribution < 1.29 is 23.2 Å². The molecular formula is C22H24F3N3O3. The first kappa shape index (κ1) is 22.6. The Labute approximate surface area is 177 Å². The number of nitrogens with zero attached hydrogens (tertiary/aromatic N) is 2. The third kappa shape index (κ3) is 5.16. The lowest BCUT2D eigenvalue weighted by molar-refractivity contribution is -0.386. The first-order valence-electron chi connectivity index (χ1n) is 9.94. The minimum atomic E-state index is -4.51. The number of nitro groups is 1. The van der Waals surface area contributed by atoms with Gasteiger partial charge in [-0.3, -0.25) is 10.1 Å². The van der Waals surface area contributed by atoms with Crippen LogP contribution in [0.5, 0.6) is 0 Å². The number of halogens is 3. The summed E-state index contributed by atoms with van der Waals surface area (Å²) in [6.45, 7) is 3.23. The Balaban J connectivity index is 1.95. The monoisotopic (exact) mass is 435 g/mol. The number of piperidine rings is 1. The van der Waals surface area contributed by atoms with Crippen molar-refractivity contribution in [2.75, 3.05) is 23.7 Å². The number of hydrogen-bond donors (Lipinski definition) is 2. The van der Waals surface area contributed by atoms with E-state index in [9.17, 15) is 28.4 Å². The molecule has 9 heteroatoms. The molecule has 1 fully saturated rings. The Hall–Kier alpha value is -3.07. The topological polar surface area (TPSA) is 92.6 Å². The van der Waals surface area contributed by atoms with Crippen LogP contribution in [0.2, 0.25) is 0 Å². The van der Waals surface area contributed by atoms with Crippen LogP contribution in [-0.2, 0) is 6.18 Å². The molecule has 6 nitrogen and oxygen atoms in total. The Bertz CT molecular complexity index is 999. The molecule has 0 aromatic heterocycles. The number of aliphatic hydroxyl groups excluding tert-OH is 1. The van der Waals surface area contributed by atoms with E-state index in [0.717, 1.165) is 50.2 Å². The fourth-order valence-electron chi connectivity index (χ4n) is 3.73. The normalized spacial score (nSPS) is 16.3. The van der Waals surface area contributed by atoms with E-state index in [2.05, 4.69) is 4.90 Å². The van der Waals surface area contributed by atoms with Gasteiger partial charge in [-0.05, 0) is 61.6 Å². The number of nitro benzene ring substituents is 1. The van der Waals surface area contributed by atoms with Crippen LogP contribution < -0.4 is 10.6 Å². The minimum Gasteiger partial charge on any atom is -0.398 e. The van der Waals surface area contributed by atoms with E-state index < -0.39 is 22.8 Å². The standard InChI is InChI=1S/C22H24F3N3O3/c1-14(11-15-5-6-16(12-19(15)26)22(23,24)25)21(29)18-13-17(7-8-20(18)28(30)31)27-9-3-2-4-10-27/h5-8,11-13,21,29H,2-4,9-10,26H2,1H3/b14-11+. The van der Waals surface area contributed by atoms with E-state index in [1.54, 1.807) is 19.1 Å². The molecule has 0 spiro atoms. The first-order chi connectivity index (χ1) is 14.6. The average Bonchev–Trinajstić information content (AvgIpc) is 2.74. The zero-order chi connectivity index (χ0) is 22.8. The van der Waals surface area contributed by atoms with Crippen LogP contribution in [0.1, 0.15) is 49.0 Å². The van der Waals surface area contributed by atoms with E-state index in [-0.39, 0.29) is 16.9 Å². The maximum atomic E-state index is 12.8. The molecule has 166 valence electrons. The molecule has 2 aromatic rings. The van der Waals surface area contributed by atoms with Crippen LogP contribution in [0.4, 0.5) is 30.2 Å². The molecule has 1 saturated heterocycles. The second kappa shape index (κ2) is 8.97. The summed E-state index contributed by atoms with van der Waals surface area (Å²) in [4.78, 5) is 13.1. The number of rotatable bonds is 5. The van der Waals surface area contributed by atoms with Gasteiger partial charge >= 0.3 is 6.18 Å². The lowest BCUT2D eigenvalue weighted by atomic mass is 9.97. The summed E-state index contributed by atoms with van der Waals surface area (Å²) in [6.07, 6.45) is -1.19. The summed E-state index contributed by atoms with van der Waals surface area (Å²) in [5.41, 5.74) is 6.11. The molecule has 1 unspecified atom stereocenters. The van der Waals surface area contributed by atoms with Crippen molar-refractivity contribution in [2.45, 2.75) is 38.5 Å². The maximum absolute atomic E-state index is 12.8. The molecule has 0 saturated carbocycles. The number of anilines is 2. The Kier molecular flexibility index (Phi) is 6.54. The molecule has 1 aliphatic heterocycles. The number of alkyl halides is 3. The number of aliphatic hydroxyl groups is 1.